The number of halogens is 2. The Bertz CT molecular complexity index is 1280. The van der Waals surface area contributed by atoms with Crippen LogP contribution in [0.3, 0.4) is 0 Å². The van der Waals surface area contributed by atoms with E-state index in [0.717, 1.165) is 0 Å². The van der Waals surface area contributed by atoms with Gasteiger partial charge in [-0.25, -0.2) is 0 Å². The summed E-state index contributed by atoms with van der Waals surface area (Å²) >= 11 is -0.719. The molecule has 2 aliphatic rings. The predicted octanol–water partition coefficient (Wildman–Crippen LogP) is 1.97. The molecule has 0 bridgehead atoms. The van der Waals surface area contributed by atoms with Gasteiger partial charge in [-0.3, -0.25) is 0 Å². The molecule has 30 heavy (non-hydrogen) atoms. The zero-order valence-corrected chi connectivity index (χ0v) is 21.1. The van der Waals surface area contributed by atoms with Crippen molar-refractivity contribution < 1.29 is 48.0 Å². The number of benzene rings is 3. The molecule has 1 aromatic heterocycles. The van der Waals surface area contributed by atoms with Crippen molar-refractivity contribution in [2.75, 3.05) is 0 Å². The molecule has 0 N–H and O–H groups in total. The molecule has 0 saturated carbocycles. The Morgan fingerprint density at radius 2 is 1.40 bits per heavy atom. The summed E-state index contributed by atoms with van der Waals surface area (Å²) in [6, 6.07) is 27.3. The van der Waals surface area contributed by atoms with E-state index in [-0.39, 0.29) is 24.8 Å². The van der Waals surface area contributed by atoms with Crippen LogP contribution in [-0.4, -0.2) is 0 Å². The van der Waals surface area contributed by atoms with E-state index in [9.17, 15) is 0 Å². The molecule has 0 fully saturated rings. The van der Waals surface area contributed by atoms with Gasteiger partial charge in [0, 0.05) is 0 Å². The van der Waals surface area contributed by atoms with Crippen molar-refractivity contribution in [1.82, 2.24) is 0 Å². The molecule has 4 aromatic rings. The second kappa shape index (κ2) is 9.02. The first kappa shape index (κ1) is 21.9. The molecule has 0 radical (unpaired) electrons. The summed E-state index contributed by atoms with van der Waals surface area (Å²) in [7, 11) is -0.428. The first-order valence-corrected chi connectivity index (χ1v) is 13.8. The number of hydrogen-bond donors (Lipinski definition) is 0. The van der Waals surface area contributed by atoms with Gasteiger partial charge in [0.1, 0.15) is 0 Å². The van der Waals surface area contributed by atoms with Crippen LogP contribution in [-0.2, 0) is 23.2 Å². The first-order chi connectivity index (χ1) is 13.9. The van der Waals surface area contributed by atoms with E-state index in [2.05, 4.69) is 97.1 Å². The Balaban J connectivity index is 0.00000109. The molecule has 2 aliphatic carbocycles. The SMILES string of the molecule is C1=CC[C]([Zr+2][CH]2C(p3c4ccccc4c4ccccc43)=Cc3ccccc32)=C1.[Cl-].[Cl-]. The van der Waals surface area contributed by atoms with Crippen LogP contribution in [0.25, 0.3) is 32.4 Å². The maximum absolute atomic E-state index is 2.55. The second-order valence-electron chi connectivity index (χ2n) is 7.47. The smallest absolute Gasteiger partial charge is 1.00 e. The summed E-state index contributed by atoms with van der Waals surface area (Å²) in [5, 5.41) is 7.72. The normalized spacial score (nSPS) is 16.5. The van der Waals surface area contributed by atoms with Gasteiger partial charge in [-0.05, 0) is 0 Å². The van der Waals surface area contributed by atoms with Crippen molar-refractivity contribution in [2.24, 2.45) is 0 Å². The summed E-state index contributed by atoms with van der Waals surface area (Å²) in [5.74, 6) is 0. The van der Waals surface area contributed by atoms with Crippen LogP contribution in [0.4, 0.5) is 0 Å². The monoisotopic (exact) mass is 522 g/mol. The minimum atomic E-state index is -0.719. The van der Waals surface area contributed by atoms with Crippen LogP contribution in [0, 0.1) is 0 Å². The van der Waals surface area contributed by atoms with E-state index >= 15 is 0 Å². The Labute approximate surface area is 202 Å². The van der Waals surface area contributed by atoms with Crippen molar-refractivity contribution in [3.63, 3.8) is 0 Å². The van der Waals surface area contributed by atoms with Crippen molar-refractivity contribution in [3.05, 3.63) is 105 Å². The van der Waals surface area contributed by atoms with Gasteiger partial charge in [-0.2, -0.15) is 0 Å². The predicted molar refractivity (Wildman–Crippen MR) is 119 cm³/mol. The molecule has 3 aromatic carbocycles. The molecule has 0 spiro atoms. The van der Waals surface area contributed by atoms with Gasteiger partial charge in [-0.15, -0.1) is 0 Å². The molecule has 6 rings (SSSR count). The van der Waals surface area contributed by atoms with E-state index in [1.165, 1.54) is 22.8 Å². The summed E-state index contributed by atoms with van der Waals surface area (Å²) < 4.78 is 2.39. The van der Waals surface area contributed by atoms with Gasteiger partial charge in [-0.1, -0.05) is 0 Å². The summed E-state index contributed by atoms with van der Waals surface area (Å²) in [6.07, 6.45) is 10.7. The molecule has 0 amide bonds. The maximum atomic E-state index is 2.55. The fraction of sp³-hybridized carbons (Fsp3) is 0.0769. The van der Waals surface area contributed by atoms with Crippen LogP contribution in [0.5, 0.6) is 0 Å². The second-order valence-corrected chi connectivity index (χ2v) is 13.3. The summed E-state index contributed by atoms with van der Waals surface area (Å²) in [4.78, 5) is 0. The van der Waals surface area contributed by atoms with Gasteiger partial charge < -0.3 is 24.8 Å². The topological polar surface area (TPSA) is 0 Å². The van der Waals surface area contributed by atoms with Crippen molar-refractivity contribution in [2.45, 2.75) is 10.0 Å². The molecule has 1 unspecified atom stereocenters. The molecule has 0 saturated heterocycles. The maximum Gasteiger partial charge on any atom is -1.00 e. The van der Waals surface area contributed by atoms with Crippen molar-refractivity contribution in [3.8, 4) is 0 Å². The molecule has 1 heterocycles. The number of fused-ring (bicyclic) bond motifs is 4. The molecule has 0 nitrogen and oxygen atoms in total. The Hall–Kier alpha value is -1.36. The molecular formula is C26H19Cl2PZr. The average Bonchev–Trinajstić information content (AvgIpc) is 3.45. The zero-order valence-electron chi connectivity index (χ0n) is 16.2. The standard InChI is InChI=1S/C21H14P.C5H5.2ClH.Zr/c1-2-8-16-14-17(13-15(16)7-1)22-20-11-5-3-9-18(20)19-10-4-6-12-21(19)22;1-2-4-5-3-1;;;/h1-14H;1-3H,4H2;2*1H;/q;;;;+2/p-2. The fourth-order valence-electron chi connectivity index (χ4n) is 4.59. The summed E-state index contributed by atoms with van der Waals surface area (Å²) in [5.41, 5.74) is 3.04. The van der Waals surface area contributed by atoms with Crippen LogP contribution in [0.1, 0.15) is 21.2 Å². The van der Waals surface area contributed by atoms with Crippen LogP contribution < -0.4 is 24.8 Å². The molecule has 4 heteroatoms. The van der Waals surface area contributed by atoms with E-state index in [1.807, 2.05) is 0 Å². The van der Waals surface area contributed by atoms with Crippen LogP contribution in [0.2, 0.25) is 0 Å². The Morgan fingerprint density at radius 3 is 2.07 bits per heavy atom. The van der Waals surface area contributed by atoms with Gasteiger partial charge >= 0.3 is 179 Å². The third-order valence-electron chi connectivity index (χ3n) is 5.85. The van der Waals surface area contributed by atoms with Gasteiger partial charge in [0.2, 0.25) is 0 Å². The third-order valence-corrected chi connectivity index (χ3v) is 13.2. The average molecular weight is 525 g/mol. The molecule has 0 aliphatic heterocycles. The van der Waals surface area contributed by atoms with E-state index in [0.29, 0.717) is 3.63 Å². The fourth-order valence-corrected chi connectivity index (χ4v) is 12.3. The van der Waals surface area contributed by atoms with Crippen molar-refractivity contribution in [1.29, 1.82) is 0 Å². The van der Waals surface area contributed by atoms with E-state index in [1.54, 1.807) is 24.4 Å². The van der Waals surface area contributed by atoms with Gasteiger partial charge in [0.15, 0.2) is 0 Å². The molecule has 146 valence electrons. The van der Waals surface area contributed by atoms with E-state index < -0.39 is 30.8 Å². The quantitative estimate of drug-likeness (QED) is 0.385. The van der Waals surface area contributed by atoms with Gasteiger partial charge in [0.05, 0.1) is 0 Å². The van der Waals surface area contributed by atoms with Crippen LogP contribution >= 0.6 is 7.53 Å². The number of allylic oxidation sites excluding steroid dienone is 5. The molecule has 1 atom stereocenters. The molecular weight excluding hydrogens is 505 g/mol. The largest absolute Gasteiger partial charge is 1.00 e. The van der Waals surface area contributed by atoms with Crippen LogP contribution in [0.15, 0.2) is 94.3 Å². The van der Waals surface area contributed by atoms with Crippen molar-refractivity contribution >= 4 is 39.9 Å². The minimum absolute atomic E-state index is 0. The third kappa shape index (κ3) is 3.51. The zero-order chi connectivity index (χ0) is 18.5. The van der Waals surface area contributed by atoms with E-state index in [4.69, 9.17) is 0 Å². The Kier molecular flexibility index (Phi) is 6.57. The summed E-state index contributed by atoms with van der Waals surface area (Å²) in [6.45, 7) is 0. The van der Waals surface area contributed by atoms with Gasteiger partial charge in [0.25, 0.3) is 0 Å². The minimum Gasteiger partial charge on any atom is -1.00 e. The Morgan fingerprint density at radius 1 is 0.767 bits per heavy atom. The number of hydrogen-bond acceptors (Lipinski definition) is 0. The number of rotatable bonds is 3. The first-order valence-electron chi connectivity index (χ1n) is 9.81.